The molecule has 112 valence electrons. The number of ether oxygens (including phenoxy) is 1. The minimum absolute atomic E-state index is 0.0497. The molecule has 1 fully saturated rings. The Labute approximate surface area is 127 Å². The Morgan fingerprint density at radius 1 is 1.67 bits per heavy atom. The summed E-state index contributed by atoms with van der Waals surface area (Å²) < 4.78 is 5.80. The van der Waals surface area contributed by atoms with Gasteiger partial charge in [-0.25, -0.2) is 0 Å². The number of benzene rings is 1. The van der Waals surface area contributed by atoms with Crippen LogP contribution in [0.5, 0.6) is 5.75 Å². The molecule has 1 aromatic carbocycles. The molecule has 1 aromatic rings. The van der Waals surface area contributed by atoms with Crippen molar-refractivity contribution in [1.29, 1.82) is 5.26 Å². The first kappa shape index (κ1) is 15.5. The van der Waals surface area contributed by atoms with E-state index in [-0.39, 0.29) is 16.8 Å². The molecule has 0 bridgehead atoms. The van der Waals surface area contributed by atoms with Gasteiger partial charge in [-0.2, -0.15) is 5.26 Å². The molecule has 1 N–H and O–H groups in total. The molecule has 7 heteroatoms. The lowest BCUT2D eigenvalue weighted by Crippen LogP contribution is -2.42. The number of hydrogen-bond acceptors (Lipinski definition) is 5. The molecule has 2 unspecified atom stereocenters. The van der Waals surface area contributed by atoms with Crippen LogP contribution in [0.4, 0.5) is 5.69 Å². The number of halogens is 1. The molecule has 1 saturated carbocycles. The fraction of sp³-hybridized carbons (Fsp3) is 0.500. The first-order valence-electron chi connectivity index (χ1n) is 6.76. The summed E-state index contributed by atoms with van der Waals surface area (Å²) in [6.45, 7) is 2.69. The molecular formula is C14H16ClN3O3. The van der Waals surface area contributed by atoms with E-state index in [9.17, 15) is 15.4 Å². The summed E-state index contributed by atoms with van der Waals surface area (Å²) in [5, 5.41) is 23.3. The molecule has 0 amide bonds. The van der Waals surface area contributed by atoms with Gasteiger partial charge in [0.05, 0.1) is 11.0 Å². The number of nitrogens with zero attached hydrogens (tertiary/aromatic N) is 2. The number of nitro groups is 1. The number of nitro benzene ring substituents is 1. The smallest absolute Gasteiger partial charge is 0.288 e. The van der Waals surface area contributed by atoms with Gasteiger partial charge in [-0.1, -0.05) is 18.5 Å². The van der Waals surface area contributed by atoms with Crippen molar-refractivity contribution in [2.24, 2.45) is 0 Å². The second kappa shape index (κ2) is 6.29. The van der Waals surface area contributed by atoms with E-state index in [0.29, 0.717) is 12.2 Å². The summed E-state index contributed by atoms with van der Waals surface area (Å²) in [7, 11) is 0. The third-order valence-corrected chi connectivity index (χ3v) is 3.92. The third kappa shape index (κ3) is 3.43. The van der Waals surface area contributed by atoms with E-state index in [4.69, 9.17) is 16.3 Å². The number of hydrogen-bond donors (Lipinski definition) is 1. The molecule has 0 spiro atoms. The summed E-state index contributed by atoms with van der Waals surface area (Å²) in [5.74, 6) is 0.487. The second-order valence-electron chi connectivity index (χ2n) is 5.08. The van der Waals surface area contributed by atoms with Gasteiger partial charge >= 0.3 is 0 Å². The predicted molar refractivity (Wildman–Crippen MR) is 78.4 cm³/mol. The Morgan fingerprint density at radius 3 is 3.00 bits per heavy atom. The van der Waals surface area contributed by atoms with Crippen molar-refractivity contribution in [1.82, 2.24) is 5.32 Å². The Hall–Kier alpha value is -1.84. The first-order valence-corrected chi connectivity index (χ1v) is 7.14. The van der Waals surface area contributed by atoms with E-state index >= 15 is 0 Å². The molecule has 0 saturated heterocycles. The van der Waals surface area contributed by atoms with Crippen LogP contribution in [0.15, 0.2) is 18.2 Å². The second-order valence-corrected chi connectivity index (χ2v) is 5.48. The van der Waals surface area contributed by atoms with Crippen LogP contribution in [0, 0.1) is 21.4 Å². The maximum Gasteiger partial charge on any atom is 0.288 e. The van der Waals surface area contributed by atoms with Gasteiger partial charge in [-0.05, 0) is 25.5 Å². The van der Waals surface area contributed by atoms with Crippen molar-refractivity contribution in [2.45, 2.75) is 37.8 Å². The molecule has 6 nitrogen and oxygen atoms in total. The van der Waals surface area contributed by atoms with Crippen molar-refractivity contribution < 1.29 is 9.66 Å². The number of nitrogens with one attached hydrogen (secondary N) is 1. The molecule has 2 rings (SSSR count). The normalized spacial score (nSPS) is 24.5. The van der Waals surface area contributed by atoms with Crippen molar-refractivity contribution in [3.63, 3.8) is 0 Å². The lowest BCUT2D eigenvalue weighted by Gasteiger charge is -2.22. The molecule has 0 aromatic heterocycles. The highest BCUT2D eigenvalue weighted by atomic mass is 35.5. The zero-order chi connectivity index (χ0) is 15.5. The highest BCUT2D eigenvalue weighted by Gasteiger charge is 2.40. The summed E-state index contributed by atoms with van der Waals surface area (Å²) in [5.41, 5.74) is -0.682. The van der Waals surface area contributed by atoms with Crippen LogP contribution in [0.2, 0.25) is 5.02 Å². The van der Waals surface area contributed by atoms with Crippen molar-refractivity contribution in [3.8, 4) is 11.8 Å². The Balaban J connectivity index is 2.05. The maximum absolute atomic E-state index is 10.7. The summed E-state index contributed by atoms with van der Waals surface area (Å²) >= 11 is 5.86. The monoisotopic (exact) mass is 309 g/mol. The van der Waals surface area contributed by atoms with Crippen LogP contribution in [0.25, 0.3) is 0 Å². The van der Waals surface area contributed by atoms with Crippen LogP contribution in [-0.4, -0.2) is 23.1 Å². The third-order valence-electron chi connectivity index (χ3n) is 3.62. The minimum Gasteiger partial charge on any atom is -0.490 e. The fourth-order valence-corrected chi connectivity index (χ4v) is 2.88. The predicted octanol–water partition coefficient (Wildman–Crippen LogP) is 3.05. The van der Waals surface area contributed by atoms with Crippen LogP contribution in [0.1, 0.15) is 26.2 Å². The lowest BCUT2D eigenvalue weighted by atomic mass is 10.00. The lowest BCUT2D eigenvalue weighted by molar-refractivity contribution is -0.384. The zero-order valence-corrected chi connectivity index (χ0v) is 12.4. The summed E-state index contributed by atoms with van der Waals surface area (Å²) in [6.07, 6.45) is 1.98. The summed E-state index contributed by atoms with van der Waals surface area (Å²) in [4.78, 5) is 10.2. The minimum atomic E-state index is -0.538. The van der Waals surface area contributed by atoms with Crippen LogP contribution in [0.3, 0.4) is 0 Å². The Bertz CT molecular complexity index is 587. The average molecular weight is 310 g/mol. The topological polar surface area (TPSA) is 88.2 Å². The fourth-order valence-electron chi connectivity index (χ4n) is 2.64. The van der Waals surface area contributed by atoms with Crippen molar-refractivity contribution in [2.75, 3.05) is 6.54 Å². The van der Waals surface area contributed by atoms with E-state index in [1.807, 2.05) is 6.92 Å². The number of rotatable bonds is 5. The van der Waals surface area contributed by atoms with Gasteiger partial charge in [0, 0.05) is 18.6 Å². The van der Waals surface area contributed by atoms with E-state index < -0.39 is 10.5 Å². The van der Waals surface area contributed by atoms with Gasteiger partial charge in [0.2, 0.25) is 0 Å². The van der Waals surface area contributed by atoms with E-state index in [2.05, 4.69) is 11.4 Å². The van der Waals surface area contributed by atoms with Gasteiger partial charge in [-0.3, -0.25) is 15.4 Å². The van der Waals surface area contributed by atoms with Gasteiger partial charge in [0.25, 0.3) is 5.69 Å². The molecule has 21 heavy (non-hydrogen) atoms. The first-order chi connectivity index (χ1) is 9.99. The van der Waals surface area contributed by atoms with Gasteiger partial charge in [0.15, 0.2) is 0 Å². The van der Waals surface area contributed by atoms with E-state index in [1.165, 1.54) is 18.2 Å². The Kier molecular flexibility index (Phi) is 4.66. The Morgan fingerprint density at radius 2 is 2.43 bits per heavy atom. The van der Waals surface area contributed by atoms with Gasteiger partial charge in [-0.15, -0.1) is 0 Å². The zero-order valence-electron chi connectivity index (χ0n) is 11.6. The van der Waals surface area contributed by atoms with E-state index in [0.717, 1.165) is 19.4 Å². The molecular weight excluding hydrogens is 294 g/mol. The van der Waals surface area contributed by atoms with Gasteiger partial charge in [0.1, 0.15) is 22.4 Å². The summed E-state index contributed by atoms with van der Waals surface area (Å²) in [6, 6.07) is 6.63. The molecule has 0 radical (unpaired) electrons. The van der Waals surface area contributed by atoms with Crippen LogP contribution < -0.4 is 10.1 Å². The van der Waals surface area contributed by atoms with Crippen molar-refractivity contribution in [3.05, 3.63) is 33.3 Å². The van der Waals surface area contributed by atoms with Crippen LogP contribution in [-0.2, 0) is 0 Å². The highest BCUT2D eigenvalue weighted by molar-refractivity contribution is 6.32. The van der Waals surface area contributed by atoms with Crippen molar-refractivity contribution >= 4 is 17.3 Å². The van der Waals surface area contributed by atoms with Gasteiger partial charge < -0.3 is 4.74 Å². The SMILES string of the molecule is CCNC1(C#N)CCC(Oc2ccc([N+](=O)[O-])c(Cl)c2)C1. The van der Waals surface area contributed by atoms with E-state index in [1.54, 1.807) is 0 Å². The van der Waals surface area contributed by atoms with Crippen LogP contribution >= 0.6 is 11.6 Å². The molecule has 1 aliphatic rings. The largest absolute Gasteiger partial charge is 0.490 e. The maximum atomic E-state index is 10.7. The number of nitriles is 1. The molecule has 2 atom stereocenters. The molecule has 0 heterocycles. The average Bonchev–Trinajstić information content (AvgIpc) is 2.82. The molecule has 1 aliphatic carbocycles. The highest BCUT2D eigenvalue weighted by Crippen LogP contribution is 2.34. The standard InChI is InChI=1S/C14H16ClN3O3/c1-2-17-14(9-16)6-5-11(8-14)21-10-3-4-13(18(19)20)12(15)7-10/h3-4,7,11,17H,2,5-6,8H2,1H3. The quantitative estimate of drug-likeness (QED) is 0.667. The molecule has 0 aliphatic heterocycles.